The fourth-order valence-electron chi connectivity index (χ4n) is 1.48. The molecule has 0 radical (unpaired) electrons. The lowest BCUT2D eigenvalue weighted by Gasteiger charge is -2.09. The molecule has 0 heterocycles. The average molecular weight is 250 g/mol. The smallest absolute Gasteiger partial charge is 0.251 e. The van der Waals surface area contributed by atoms with Crippen LogP contribution in [0.15, 0.2) is 18.2 Å². The molecule has 3 N–H and O–H groups in total. The summed E-state index contributed by atoms with van der Waals surface area (Å²) in [6.07, 6.45) is 1.04. The monoisotopic (exact) mass is 250 g/mol. The maximum Gasteiger partial charge on any atom is 0.251 e. The van der Waals surface area contributed by atoms with Gasteiger partial charge in [-0.15, -0.1) is 0 Å². The molecule has 0 saturated carbocycles. The lowest BCUT2D eigenvalue weighted by molar-refractivity contribution is 0.0757. The van der Waals surface area contributed by atoms with Crippen molar-refractivity contribution < 1.29 is 9.53 Å². The van der Waals surface area contributed by atoms with Crippen LogP contribution in [0.5, 0.6) is 0 Å². The molecule has 100 valence electrons. The van der Waals surface area contributed by atoms with E-state index in [4.69, 9.17) is 10.5 Å². The van der Waals surface area contributed by atoms with E-state index in [2.05, 4.69) is 5.32 Å². The van der Waals surface area contributed by atoms with Crippen LogP contribution in [0.2, 0.25) is 0 Å². The van der Waals surface area contributed by atoms with Gasteiger partial charge in [-0.25, -0.2) is 0 Å². The highest BCUT2D eigenvalue weighted by atomic mass is 16.5. The Bertz CT molecular complexity index is 403. The first-order chi connectivity index (χ1) is 8.50. The lowest BCUT2D eigenvalue weighted by atomic mass is 10.1. The van der Waals surface area contributed by atoms with Gasteiger partial charge in [-0.1, -0.05) is 6.07 Å². The lowest BCUT2D eigenvalue weighted by Crippen LogP contribution is -2.25. The van der Waals surface area contributed by atoms with E-state index in [1.807, 2.05) is 26.8 Å². The van der Waals surface area contributed by atoms with Crippen LogP contribution in [-0.4, -0.2) is 25.2 Å². The van der Waals surface area contributed by atoms with Crippen molar-refractivity contribution in [3.8, 4) is 0 Å². The third-order valence-corrected chi connectivity index (χ3v) is 2.60. The first kappa shape index (κ1) is 14.5. The molecule has 18 heavy (non-hydrogen) atoms. The third kappa shape index (κ3) is 4.75. The van der Waals surface area contributed by atoms with Crippen molar-refractivity contribution in [2.24, 2.45) is 0 Å². The van der Waals surface area contributed by atoms with Gasteiger partial charge in [-0.3, -0.25) is 4.79 Å². The van der Waals surface area contributed by atoms with Gasteiger partial charge in [0.1, 0.15) is 0 Å². The number of nitrogen functional groups attached to an aromatic ring is 1. The second-order valence-corrected chi connectivity index (χ2v) is 4.60. The van der Waals surface area contributed by atoms with E-state index >= 15 is 0 Å². The number of benzene rings is 1. The van der Waals surface area contributed by atoms with Crippen molar-refractivity contribution in [2.75, 3.05) is 18.9 Å². The molecule has 0 aliphatic carbocycles. The largest absolute Gasteiger partial charge is 0.398 e. The average Bonchev–Trinajstić information content (AvgIpc) is 2.31. The number of nitrogens with two attached hydrogens (primary N) is 1. The van der Waals surface area contributed by atoms with Crippen LogP contribution < -0.4 is 11.1 Å². The summed E-state index contributed by atoms with van der Waals surface area (Å²) in [5.41, 5.74) is 8.00. The van der Waals surface area contributed by atoms with Crippen LogP contribution >= 0.6 is 0 Å². The second-order valence-electron chi connectivity index (χ2n) is 4.60. The number of amides is 1. The highest BCUT2D eigenvalue weighted by Gasteiger charge is 2.06. The minimum atomic E-state index is -0.0914. The zero-order valence-corrected chi connectivity index (χ0v) is 11.3. The van der Waals surface area contributed by atoms with E-state index in [9.17, 15) is 4.79 Å². The molecule has 0 bridgehead atoms. The Labute approximate surface area is 109 Å². The van der Waals surface area contributed by atoms with Crippen LogP contribution in [0.25, 0.3) is 0 Å². The summed E-state index contributed by atoms with van der Waals surface area (Å²) in [6.45, 7) is 7.18. The Morgan fingerprint density at radius 2 is 2.17 bits per heavy atom. The summed E-state index contributed by atoms with van der Waals surface area (Å²) in [6, 6.07) is 5.34. The number of rotatable bonds is 6. The van der Waals surface area contributed by atoms with Gasteiger partial charge in [-0.05, 0) is 44.9 Å². The highest BCUT2D eigenvalue weighted by molar-refractivity contribution is 5.95. The van der Waals surface area contributed by atoms with Gasteiger partial charge in [-0.2, -0.15) is 0 Å². The van der Waals surface area contributed by atoms with Crippen LogP contribution in [0.4, 0.5) is 5.69 Å². The molecule has 0 saturated heterocycles. The molecule has 4 nitrogen and oxygen atoms in total. The quantitative estimate of drug-likeness (QED) is 0.600. The van der Waals surface area contributed by atoms with E-state index in [0.717, 1.165) is 12.0 Å². The molecular weight excluding hydrogens is 228 g/mol. The van der Waals surface area contributed by atoms with Crippen LogP contribution in [0, 0.1) is 6.92 Å². The molecule has 0 fully saturated rings. The van der Waals surface area contributed by atoms with Crippen LogP contribution in [-0.2, 0) is 4.74 Å². The number of ether oxygens (including phenoxy) is 1. The molecule has 0 aliphatic heterocycles. The number of nitrogens with one attached hydrogen (secondary N) is 1. The van der Waals surface area contributed by atoms with Gasteiger partial charge in [0.2, 0.25) is 0 Å². The topological polar surface area (TPSA) is 64.3 Å². The zero-order valence-electron chi connectivity index (χ0n) is 11.3. The Kier molecular flexibility index (Phi) is 5.65. The number of carbonyl (C=O) groups excluding carboxylic acids is 1. The van der Waals surface area contributed by atoms with Crippen molar-refractivity contribution in [3.63, 3.8) is 0 Å². The second kappa shape index (κ2) is 7.01. The number of aryl methyl sites for hydroxylation is 1. The first-order valence-electron chi connectivity index (χ1n) is 6.26. The molecule has 1 aromatic rings. The van der Waals surface area contributed by atoms with Gasteiger partial charge in [0, 0.05) is 24.4 Å². The van der Waals surface area contributed by atoms with Crippen molar-refractivity contribution >= 4 is 11.6 Å². The zero-order chi connectivity index (χ0) is 13.5. The number of anilines is 1. The maximum atomic E-state index is 11.8. The molecule has 0 unspecified atom stereocenters. The molecule has 1 rings (SSSR count). The molecule has 1 amide bonds. The van der Waals surface area contributed by atoms with Crippen LogP contribution in [0.3, 0.4) is 0 Å². The summed E-state index contributed by atoms with van der Waals surface area (Å²) >= 11 is 0. The minimum absolute atomic E-state index is 0.0914. The predicted molar refractivity (Wildman–Crippen MR) is 73.6 cm³/mol. The number of hydrogen-bond acceptors (Lipinski definition) is 3. The maximum absolute atomic E-state index is 11.8. The molecule has 0 spiro atoms. The molecule has 0 aliphatic rings. The molecule has 0 atom stereocenters. The summed E-state index contributed by atoms with van der Waals surface area (Å²) in [7, 11) is 0. The Morgan fingerprint density at radius 1 is 1.44 bits per heavy atom. The van der Waals surface area contributed by atoms with Gasteiger partial charge in [0.25, 0.3) is 5.91 Å². The molecular formula is C14H22N2O2. The van der Waals surface area contributed by atoms with E-state index in [-0.39, 0.29) is 12.0 Å². The van der Waals surface area contributed by atoms with E-state index in [0.29, 0.717) is 24.4 Å². The van der Waals surface area contributed by atoms with Crippen molar-refractivity contribution in [1.82, 2.24) is 5.32 Å². The Balaban J connectivity index is 2.34. The van der Waals surface area contributed by atoms with E-state index in [1.165, 1.54) is 0 Å². The standard InChI is InChI=1S/C14H22N2O2/c1-10(2)18-8-4-7-16-14(17)12-6-5-11(3)13(15)9-12/h5-6,9-10H,4,7-8,15H2,1-3H3,(H,16,17). The Morgan fingerprint density at radius 3 is 2.78 bits per heavy atom. The van der Waals surface area contributed by atoms with E-state index in [1.54, 1.807) is 12.1 Å². The summed E-state index contributed by atoms with van der Waals surface area (Å²) < 4.78 is 5.39. The summed E-state index contributed by atoms with van der Waals surface area (Å²) in [5, 5.41) is 2.84. The van der Waals surface area contributed by atoms with Gasteiger partial charge in [0.05, 0.1) is 6.10 Å². The molecule has 1 aromatic carbocycles. The molecule has 4 heteroatoms. The highest BCUT2D eigenvalue weighted by Crippen LogP contribution is 2.12. The van der Waals surface area contributed by atoms with Crippen LogP contribution in [0.1, 0.15) is 36.2 Å². The summed E-state index contributed by atoms with van der Waals surface area (Å²) in [5.74, 6) is -0.0914. The number of hydrogen-bond donors (Lipinski definition) is 2. The Hall–Kier alpha value is -1.55. The van der Waals surface area contributed by atoms with Gasteiger partial charge < -0.3 is 15.8 Å². The third-order valence-electron chi connectivity index (χ3n) is 2.60. The predicted octanol–water partition coefficient (Wildman–Crippen LogP) is 2.12. The minimum Gasteiger partial charge on any atom is -0.398 e. The normalized spacial score (nSPS) is 10.7. The van der Waals surface area contributed by atoms with Gasteiger partial charge >= 0.3 is 0 Å². The van der Waals surface area contributed by atoms with Gasteiger partial charge in [0.15, 0.2) is 0 Å². The van der Waals surface area contributed by atoms with Crippen molar-refractivity contribution in [1.29, 1.82) is 0 Å². The fraction of sp³-hybridized carbons (Fsp3) is 0.500. The van der Waals surface area contributed by atoms with E-state index < -0.39 is 0 Å². The van der Waals surface area contributed by atoms with Crippen molar-refractivity contribution in [2.45, 2.75) is 33.3 Å². The number of carbonyl (C=O) groups is 1. The first-order valence-corrected chi connectivity index (χ1v) is 6.26. The fourth-order valence-corrected chi connectivity index (χ4v) is 1.48. The SMILES string of the molecule is Cc1ccc(C(=O)NCCCOC(C)C)cc1N. The molecule has 0 aromatic heterocycles. The van der Waals surface area contributed by atoms with Crippen molar-refractivity contribution in [3.05, 3.63) is 29.3 Å². The summed E-state index contributed by atoms with van der Waals surface area (Å²) in [4.78, 5) is 11.8.